The number of guanidine groups is 1. The van der Waals surface area contributed by atoms with Crippen LogP contribution in [-0.4, -0.2) is 34.3 Å². The van der Waals surface area contributed by atoms with Crippen molar-refractivity contribution in [3.05, 3.63) is 83.4 Å². The van der Waals surface area contributed by atoms with E-state index in [1.54, 1.807) is 7.05 Å². The number of benzene rings is 2. The number of hydrogen-bond acceptors (Lipinski definition) is 3. The van der Waals surface area contributed by atoms with Gasteiger partial charge in [-0.1, -0.05) is 60.7 Å². The predicted octanol–water partition coefficient (Wildman–Crippen LogP) is 4.12. The van der Waals surface area contributed by atoms with E-state index < -0.39 is 0 Å². The third-order valence-corrected chi connectivity index (χ3v) is 5.70. The van der Waals surface area contributed by atoms with Crippen molar-refractivity contribution in [2.75, 3.05) is 13.6 Å². The van der Waals surface area contributed by atoms with Crippen LogP contribution in [0.25, 0.3) is 0 Å². The van der Waals surface area contributed by atoms with E-state index in [4.69, 9.17) is 0 Å². The topological polar surface area (TPSA) is 67.1 Å². The molecule has 31 heavy (non-hydrogen) atoms. The number of aliphatic imine (C=N–C) groups is 1. The monoisotopic (exact) mass is 530 g/mol. The Morgan fingerprint density at radius 2 is 1.65 bits per heavy atom. The highest BCUT2D eigenvalue weighted by atomic mass is 127. The maximum atomic E-state index is 4.38. The number of fused-ring (bicyclic) bond motifs is 1. The second kappa shape index (κ2) is 11.8. The second-order valence-electron chi connectivity index (χ2n) is 7.66. The fourth-order valence-corrected chi connectivity index (χ4v) is 4.11. The van der Waals surface area contributed by atoms with Crippen molar-refractivity contribution in [1.82, 2.24) is 25.4 Å². The van der Waals surface area contributed by atoms with E-state index in [9.17, 15) is 0 Å². The van der Waals surface area contributed by atoms with Crippen molar-refractivity contribution in [3.8, 4) is 0 Å². The molecule has 0 bridgehead atoms. The molecule has 6 nitrogen and oxygen atoms in total. The number of halogens is 1. The Labute approximate surface area is 201 Å². The average Bonchev–Trinajstić information content (AvgIpc) is 3.23. The molecule has 0 fully saturated rings. The maximum absolute atomic E-state index is 4.38. The van der Waals surface area contributed by atoms with Crippen LogP contribution in [0, 0.1) is 0 Å². The predicted molar refractivity (Wildman–Crippen MR) is 136 cm³/mol. The van der Waals surface area contributed by atoms with Crippen molar-refractivity contribution >= 4 is 29.9 Å². The van der Waals surface area contributed by atoms with Crippen LogP contribution < -0.4 is 10.6 Å². The largest absolute Gasteiger partial charge is 0.356 e. The lowest BCUT2D eigenvalue weighted by molar-refractivity contribution is 0.504. The lowest BCUT2D eigenvalue weighted by atomic mass is 9.88. The van der Waals surface area contributed by atoms with Crippen molar-refractivity contribution < 1.29 is 0 Å². The van der Waals surface area contributed by atoms with Gasteiger partial charge in [0.2, 0.25) is 0 Å². The summed E-state index contributed by atoms with van der Waals surface area (Å²) < 4.78 is 2.24. The molecular formula is C24H31IN6. The second-order valence-corrected chi connectivity index (χ2v) is 7.66. The van der Waals surface area contributed by atoms with Gasteiger partial charge in [0, 0.05) is 32.5 Å². The molecule has 1 aromatic heterocycles. The molecule has 0 saturated heterocycles. The zero-order valence-corrected chi connectivity index (χ0v) is 20.3. The molecule has 2 N–H and O–H groups in total. The Morgan fingerprint density at radius 3 is 2.29 bits per heavy atom. The molecule has 1 aliphatic rings. The Kier molecular flexibility index (Phi) is 8.87. The maximum Gasteiger partial charge on any atom is 0.191 e. The Hall–Kier alpha value is -2.42. The van der Waals surface area contributed by atoms with Gasteiger partial charge in [-0.2, -0.15) is 0 Å². The minimum absolute atomic E-state index is 0. The molecule has 0 amide bonds. The number of hydrogen-bond donors (Lipinski definition) is 2. The van der Waals surface area contributed by atoms with Gasteiger partial charge < -0.3 is 15.2 Å². The highest BCUT2D eigenvalue weighted by molar-refractivity contribution is 14.0. The normalized spacial score (nSPS) is 13.4. The summed E-state index contributed by atoms with van der Waals surface area (Å²) in [6.07, 6.45) is 4.42. The first-order valence-corrected chi connectivity index (χ1v) is 10.8. The third kappa shape index (κ3) is 6.06. The summed E-state index contributed by atoms with van der Waals surface area (Å²) in [6, 6.07) is 21.4. The van der Waals surface area contributed by atoms with Crippen LogP contribution in [-0.2, 0) is 19.5 Å². The summed E-state index contributed by atoms with van der Waals surface area (Å²) >= 11 is 0. The number of nitrogens with zero attached hydrogens (tertiary/aromatic N) is 4. The molecule has 2 aromatic carbocycles. The smallest absolute Gasteiger partial charge is 0.191 e. The molecule has 164 valence electrons. The molecule has 0 unspecified atom stereocenters. The Bertz CT molecular complexity index is 915. The van der Waals surface area contributed by atoms with Crippen LogP contribution in [0.4, 0.5) is 0 Å². The van der Waals surface area contributed by atoms with E-state index in [0.29, 0.717) is 12.5 Å². The Balaban J connectivity index is 0.00000272. The zero-order chi connectivity index (χ0) is 20.6. The quantitative estimate of drug-likeness (QED) is 0.274. The molecule has 3 aromatic rings. The summed E-state index contributed by atoms with van der Waals surface area (Å²) in [5, 5.41) is 15.5. The first kappa shape index (κ1) is 23.2. The van der Waals surface area contributed by atoms with Crippen molar-refractivity contribution in [2.24, 2.45) is 4.99 Å². The minimum atomic E-state index is 0. The van der Waals surface area contributed by atoms with Gasteiger partial charge in [0.05, 0.1) is 6.54 Å². The van der Waals surface area contributed by atoms with Crippen LogP contribution in [0.2, 0.25) is 0 Å². The first-order valence-electron chi connectivity index (χ1n) is 10.8. The van der Waals surface area contributed by atoms with E-state index in [-0.39, 0.29) is 24.0 Å². The van der Waals surface area contributed by atoms with Gasteiger partial charge in [0.1, 0.15) is 5.82 Å². The third-order valence-electron chi connectivity index (χ3n) is 5.70. The lowest BCUT2D eigenvalue weighted by Gasteiger charge is -2.20. The van der Waals surface area contributed by atoms with Crippen LogP contribution in [0.5, 0.6) is 0 Å². The molecule has 0 radical (unpaired) electrons. The highest BCUT2D eigenvalue weighted by Crippen LogP contribution is 2.27. The number of rotatable bonds is 7. The molecule has 0 spiro atoms. The summed E-state index contributed by atoms with van der Waals surface area (Å²) in [5.41, 5.74) is 2.67. The summed E-state index contributed by atoms with van der Waals surface area (Å²) in [5.74, 6) is 3.23. The molecule has 0 atom stereocenters. The zero-order valence-electron chi connectivity index (χ0n) is 18.0. The Morgan fingerprint density at radius 1 is 0.968 bits per heavy atom. The lowest BCUT2D eigenvalue weighted by Crippen LogP contribution is -2.38. The molecule has 0 saturated carbocycles. The molecular weight excluding hydrogens is 499 g/mol. The number of nitrogens with one attached hydrogen (secondary N) is 2. The van der Waals surface area contributed by atoms with E-state index in [1.807, 2.05) is 0 Å². The standard InChI is InChI=1S/C24H30N6.HI/c1-25-24(27-18-23-29-28-22-14-8-9-17-30(22)23)26-16-15-21(19-10-4-2-5-11-19)20-12-6-3-7-13-20;/h2-7,10-13,21H,8-9,14-18H2,1H3,(H2,25,26,27);1H. The molecule has 4 rings (SSSR count). The van der Waals surface area contributed by atoms with E-state index in [1.165, 1.54) is 24.0 Å². The van der Waals surface area contributed by atoms with Gasteiger partial charge >= 0.3 is 0 Å². The molecule has 1 aliphatic heterocycles. The minimum Gasteiger partial charge on any atom is -0.356 e. The van der Waals surface area contributed by atoms with Crippen molar-refractivity contribution in [2.45, 2.75) is 44.7 Å². The summed E-state index contributed by atoms with van der Waals surface area (Å²) in [4.78, 5) is 4.38. The first-order chi connectivity index (χ1) is 14.8. The highest BCUT2D eigenvalue weighted by Gasteiger charge is 2.16. The van der Waals surface area contributed by atoms with Gasteiger partial charge in [0.15, 0.2) is 11.8 Å². The fourth-order valence-electron chi connectivity index (χ4n) is 4.11. The fraction of sp³-hybridized carbons (Fsp3) is 0.375. The number of aromatic nitrogens is 3. The molecule has 0 aliphatic carbocycles. The van der Waals surface area contributed by atoms with Crippen LogP contribution in [0.3, 0.4) is 0 Å². The van der Waals surface area contributed by atoms with Gasteiger partial charge in [-0.3, -0.25) is 4.99 Å². The van der Waals surface area contributed by atoms with Gasteiger partial charge in [-0.15, -0.1) is 34.2 Å². The number of aryl methyl sites for hydroxylation is 1. The molecule has 7 heteroatoms. The van der Waals surface area contributed by atoms with Crippen LogP contribution in [0.1, 0.15) is 48.0 Å². The summed E-state index contributed by atoms with van der Waals surface area (Å²) in [6.45, 7) is 2.47. The summed E-state index contributed by atoms with van der Waals surface area (Å²) in [7, 11) is 1.81. The van der Waals surface area contributed by atoms with E-state index in [0.717, 1.165) is 43.5 Å². The van der Waals surface area contributed by atoms with Crippen molar-refractivity contribution in [3.63, 3.8) is 0 Å². The average molecular weight is 530 g/mol. The molecule has 2 heterocycles. The van der Waals surface area contributed by atoms with Gasteiger partial charge in [-0.05, 0) is 30.4 Å². The van der Waals surface area contributed by atoms with E-state index in [2.05, 4.69) is 91.1 Å². The van der Waals surface area contributed by atoms with Crippen LogP contribution >= 0.6 is 24.0 Å². The van der Waals surface area contributed by atoms with Crippen LogP contribution in [0.15, 0.2) is 65.7 Å². The van der Waals surface area contributed by atoms with Gasteiger partial charge in [-0.25, -0.2) is 0 Å². The SMILES string of the molecule is CN=C(NCCC(c1ccccc1)c1ccccc1)NCc1nnc2n1CCCC2.I. The van der Waals surface area contributed by atoms with Crippen molar-refractivity contribution in [1.29, 1.82) is 0 Å². The van der Waals surface area contributed by atoms with E-state index >= 15 is 0 Å². The van der Waals surface area contributed by atoms with Gasteiger partial charge in [0.25, 0.3) is 0 Å².